The molecule has 0 radical (unpaired) electrons. The largest absolute Gasteiger partial charge is 0.493 e. The van der Waals surface area contributed by atoms with Crippen LogP contribution in [-0.4, -0.2) is 38.3 Å². The lowest BCUT2D eigenvalue weighted by molar-refractivity contribution is 0.0323. The number of ether oxygens (including phenoxy) is 3. The van der Waals surface area contributed by atoms with Crippen LogP contribution in [0.15, 0.2) is 18.2 Å². The topological polar surface area (TPSA) is 48.0 Å². The molecule has 1 unspecified atom stereocenters. The van der Waals surface area contributed by atoms with Gasteiger partial charge in [0.25, 0.3) is 0 Å². The van der Waals surface area contributed by atoms with Gasteiger partial charge in [-0.05, 0) is 23.6 Å². The normalized spacial score (nSPS) is 18.6. The third-order valence-electron chi connectivity index (χ3n) is 3.41. The number of cyclic esters (lactones) is 1. The van der Waals surface area contributed by atoms with Gasteiger partial charge in [-0.15, -0.1) is 0 Å². The van der Waals surface area contributed by atoms with Crippen molar-refractivity contribution in [2.45, 2.75) is 26.4 Å². The molecule has 2 rings (SSSR count). The average Bonchev–Trinajstić information content (AvgIpc) is 2.47. The van der Waals surface area contributed by atoms with Crippen molar-refractivity contribution in [3.63, 3.8) is 0 Å². The molecule has 1 aromatic rings. The van der Waals surface area contributed by atoms with Crippen LogP contribution in [0.2, 0.25) is 0 Å². The molecule has 21 heavy (non-hydrogen) atoms. The molecule has 5 nitrogen and oxygen atoms in total. The molecule has 1 aliphatic rings. The fourth-order valence-corrected chi connectivity index (χ4v) is 2.17. The minimum absolute atomic E-state index is 0.221. The number of benzene rings is 1. The average molecular weight is 293 g/mol. The predicted molar refractivity (Wildman–Crippen MR) is 79.8 cm³/mol. The van der Waals surface area contributed by atoms with Crippen molar-refractivity contribution in [1.82, 2.24) is 4.90 Å². The van der Waals surface area contributed by atoms with Gasteiger partial charge in [0, 0.05) is 20.0 Å². The van der Waals surface area contributed by atoms with Gasteiger partial charge in [-0.1, -0.05) is 19.9 Å². The summed E-state index contributed by atoms with van der Waals surface area (Å²) in [5, 5.41) is 0. The molecular weight excluding hydrogens is 270 g/mol. The number of hydrogen-bond donors (Lipinski definition) is 0. The van der Waals surface area contributed by atoms with Crippen LogP contribution in [0.25, 0.3) is 0 Å². The molecule has 0 aromatic heterocycles. The van der Waals surface area contributed by atoms with E-state index in [1.807, 2.05) is 18.2 Å². The highest BCUT2D eigenvalue weighted by molar-refractivity contribution is 5.68. The Morgan fingerprint density at radius 3 is 2.76 bits per heavy atom. The third kappa shape index (κ3) is 3.80. The smallest absolute Gasteiger partial charge is 0.410 e. The lowest BCUT2D eigenvalue weighted by Gasteiger charge is -2.29. The van der Waals surface area contributed by atoms with Crippen LogP contribution in [0.1, 0.15) is 31.9 Å². The Hall–Kier alpha value is -1.91. The van der Waals surface area contributed by atoms with Crippen LogP contribution < -0.4 is 9.47 Å². The van der Waals surface area contributed by atoms with E-state index in [0.29, 0.717) is 30.6 Å². The SMILES string of the molecule is COc1ccc(C2CCN(C)C(=O)O2)cc1OCC(C)C. The van der Waals surface area contributed by atoms with E-state index in [4.69, 9.17) is 14.2 Å². The summed E-state index contributed by atoms with van der Waals surface area (Å²) in [7, 11) is 3.36. The summed E-state index contributed by atoms with van der Waals surface area (Å²) < 4.78 is 16.5. The quantitative estimate of drug-likeness (QED) is 0.836. The Kier molecular flexibility index (Phi) is 4.94. The first kappa shape index (κ1) is 15.5. The molecule has 116 valence electrons. The second kappa shape index (κ2) is 6.70. The second-order valence-corrected chi connectivity index (χ2v) is 5.70. The van der Waals surface area contributed by atoms with Crippen molar-refractivity contribution in [2.75, 3.05) is 27.3 Å². The summed E-state index contributed by atoms with van der Waals surface area (Å²) in [5.74, 6) is 1.82. The molecule has 1 fully saturated rings. The highest BCUT2D eigenvalue weighted by Crippen LogP contribution is 2.34. The van der Waals surface area contributed by atoms with Crippen molar-refractivity contribution in [3.05, 3.63) is 23.8 Å². The van der Waals surface area contributed by atoms with Gasteiger partial charge in [-0.2, -0.15) is 0 Å². The molecule has 1 heterocycles. The van der Waals surface area contributed by atoms with Crippen LogP contribution in [-0.2, 0) is 4.74 Å². The van der Waals surface area contributed by atoms with Gasteiger partial charge in [0.1, 0.15) is 6.10 Å². The van der Waals surface area contributed by atoms with Gasteiger partial charge in [-0.25, -0.2) is 4.79 Å². The maximum Gasteiger partial charge on any atom is 0.410 e. The Morgan fingerprint density at radius 2 is 2.14 bits per heavy atom. The Morgan fingerprint density at radius 1 is 1.38 bits per heavy atom. The summed E-state index contributed by atoms with van der Waals surface area (Å²) in [4.78, 5) is 13.2. The fraction of sp³-hybridized carbons (Fsp3) is 0.562. The molecule has 1 atom stereocenters. The summed E-state index contributed by atoms with van der Waals surface area (Å²) in [6, 6.07) is 5.69. The predicted octanol–water partition coefficient (Wildman–Crippen LogP) is 3.24. The van der Waals surface area contributed by atoms with Gasteiger partial charge in [0.2, 0.25) is 0 Å². The lowest BCUT2D eigenvalue weighted by Crippen LogP contribution is -2.35. The maximum atomic E-state index is 11.6. The Labute approximate surface area is 125 Å². The van der Waals surface area contributed by atoms with Crippen LogP contribution >= 0.6 is 0 Å². The van der Waals surface area contributed by atoms with Crippen molar-refractivity contribution in [1.29, 1.82) is 0 Å². The summed E-state index contributed by atoms with van der Waals surface area (Å²) in [6.45, 7) is 5.49. The maximum absolute atomic E-state index is 11.6. The van der Waals surface area contributed by atoms with Crippen LogP contribution in [0.4, 0.5) is 4.79 Å². The highest BCUT2D eigenvalue weighted by Gasteiger charge is 2.26. The summed E-state index contributed by atoms with van der Waals surface area (Å²) in [5.41, 5.74) is 0.941. The van der Waals surface area contributed by atoms with E-state index in [2.05, 4.69) is 13.8 Å². The van der Waals surface area contributed by atoms with Crippen molar-refractivity contribution < 1.29 is 19.0 Å². The monoisotopic (exact) mass is 293 g/mol. The number of carbonyl (C=O) groups is 1. The van der Waals surface area contributed by atoms with Gasteiger partial charge < -0.3 is 19.1 Å². The molecule has 5 heteroatoms. The van der Waals surface area contributed by atoms with Crippen molar-refractivity contribution in [3.8, 4) is 11.5 Å². The van der Waals surface area contributed by atoms with Crippen molar-refractivity contribution >= 4 is 6.09 Å². The standard InChI is InChI=1S/C16H23NO4/c1-11(2)10-20-15-9-12(5-6-14(15)19-4)13-7-8-17(3)16(18)21-13/h5-6,9,11,13H,7-8,10H2,1-4H3. The van der Waals surface area contributed by atoms with E-state index in [0.717, 1.165) is 12.0 Å². The third-order valence-corrected chi connectivity index (χ3v) is 3.41. The van der Waals surface area contributed by atoms with Gasteiger partial charge in [0.15, 0.2) is 11.5 Å². The molecule has 0 saturated carbocycles. The molecule has 0 bridgehead atoms. The fourth-order valence-electron chi connectivity index (χ4n) is 2.17. The van der Waals surface area contributed by atoms with E-state index >= 15 is 0 Å². The van der Waals surface area contributed by atoms with E-state index in [1.54, 1.807) is 19.1 Å². The highest BCUT2D eigenvalue weighted by atomic mass is 16.6. The number of carbonyl (C=O) groups excluding carboxylic acids is 1. The van der Waals surface area contributed by atoms with Crippen molar-refractivity contribution in [2.24, 2.45) is 5.92 Å². The molecule has 0 N–H and O–H groups in total. The molecule has 1 aliphatic heterocycles. The molecule has 0 aliphatic carbocycles. The second-order valence-electron chi connectivity index (χ2n) is 5.70. The van der Waals surface area contributed by atoms with Crippen LogP contribution in [0, 0.1) is 5.92 Å². The number of amides is 1. The summed E-state index contributed by atoms with van der Waals surface area (Å²) in [6.07, 6.45) is 0.269. The first-order chi connectivity index (χ1) is 10.0. The summed E-state index contributed by atoms with van der Waals surface area (Å²) >= 11 is 0. The zero-order valence-electron chi connectivity index (χ0n) is 13.1. The van der Waals surface area contributed by atoms with E-state index in [1.165, 1.54) is 0 Å². The molecule has 0 spiro atoms. The number of rotatable bonds is 5. The Balaban J connectivity index is 2.16. The minimum atomic E-state index is -0.285. The van der Waals surface area contributed by atoms with E-state index in [-0.39, 0.29) is 12.2 Å². The minimum Gasteiger partial charge on any atom is -0.493 e. The number of nitrogens with zero attached hydrogens (tertiary/aromatic N) is 1. The Bertz CT molecular complexity index is 501. The number of hydrogen-bond acceptors (Lipinski definition) is 4. The molecule has 1 saturated heterocycles. The van der Waals surface area contributed by atoms with E-state index < -0.39 is 0 Å². The van der Waals surface area contributed by atoms with E-state index in [9.17, 15) is 4.79 Å². The van der Waals surface area contributed by atoms with Gasteiger partial charge in [0.05, 0.1) is 13.7 Å². The first-order valence-corrected chi connectivity index (χ1v) is 7.23. The lowest BCUT2D eigenvalue weighted by atomic mass is 10.0. The number of methoxy groups -OCH3 is 1. The van der Waals surface area contributed by atoms with Gasteiger partial charge >= 0.3 is 6.09 Å². The zero-order chi connectivity index (χ0) is 15.4. The first-order valence-electron chi connectivity index (χ1n) is 7.23. The van der Waals surface area contributed by atoms with Crippen LogP contribution in [0.3, 0.4) is 0 Å². The molecule has 1 aromatic carbocycles. The molecular formula is C16H23NO4. The van der Waals surface area contributed by atoms with Gasteiger partial charge in [-0.3, -0.25) is 0 Å². The molecule has 1 amide bonds. The van der Waals surface area contributed by atoms with Crippen LogP contribution in [0.5, 0.6) is 11.5 Å². The zero-order valence-corrected chi connectivity index (χ0v) is 13.1.